The normalized spacial score (nSPS) is 10.9. The SMILES string of the molecule is CCOc1ccc(CNC(=NC)NC(C)C)cc1OC.I. The zero-order chi connectivity index (χ0) is 15.0. The fourth-order valence-electron chi connectivity index (χ4n) is 1.75. The number of hydrogen-bond donors (Lipinski definition) is 2. The fourth-order valence-corrected chi connectivity index (χ4v) is 1.75. The Kier molecular flexibility index (Phi) is 9.94. The molecule has 21 heavy (non-hydrogen) atoms. The van der Waals surface area contributed by atoms with Crippen molar-refractivity contribution in [3.63, 3.8) is 0 Å². The van der Waals surface area contributed by atoms with Gasteiger partial charge in [0.25, 0.3) is 0 Å². The third-order valence-corrected chi connectivity index (χ3v) is 2.64. The molecule has 0 spiro atoms. The van der Waals surface area contributed by atoms with Crippen LogP contribution in [0.1, 0.15) is 26.3 Å². The summed E-state index contributed by atoms with van der Waals surface area (Å²) in [5.41, 5.74) is 1.11. The summed E-state index contributed by atoms with van der Waals surface area (Å²) in [6.45, 7) is 7.41. The average molecular weight is 407 g/mol. The van der Waals surface area contributed by atoms with Gasteiger partial charge in [-0.3, -0.25) is 4.99 Å². The lowest BCUT2D eigenvalue weighted by atomic mass is 10.2. The van der Waals surface area contributed by atoms with Gasteiger partial charge >= 0.3 is 0 Å². The molecule has 0 atom stereocenters. The lowest BCUT2D eigenvalue weighted by molar-refractivity contribution is 0.310. The molecule has 0 amide bonds. The molecule has 2 N–H and O–H groups in total. The minimum atomic E-state index is 0. The highest BCUT2D eigenvalue weighted by Crippen LogP contribution is 2.27. The Labute approximate surface area is 144 Å². The van der Waals surface area contributed by atoms with Crippen LogP contribution in [-0.4, -0.2) is 32.8 Å². The summed E-state index contributed by atoms with van der Waals surface area (Å²) in [5, 5.41) is 6.51. The van der Waals surface area contributed by atoms with Gasteiger partial charge in [-0.25, -0.2) is 0 Å². The Balaban J connectivity index is 0.00000400. The summed E-state index contributed by atoms with van der Waals surface area (Å²) in [7, 11) is 3.41. The number of benzene rings is 1. The molecular formula is C15H26IN3O2. The van der Waals surface area contributed by atoms with E-state index in [0.29, 0.717) is 19.2 Å². The van der Waals surface area contributed by atoms with Crippen molar-refractivity contribution in [3.8, 4) is 11.5 Å². The van der Waals surface area contributed by atoms with E-state index in [4.69, 9.17) is 9.47 Å². The predicted molar refractivity (Wildman–Crippen MR) is 98.0 cm³/mol. The van der Waals surface area contributed by atoms with Crippen LogP contribution in [0.3, 0.4) is 0 Å². The molecule has 0 aliphatic carbocycles. The van der Waals surface area contributed by atoms with Gasteiger partial charge in [-0.1, -0.05) is 6.07 Å². The van der Waals surface area contributed by atoms with Gasteiger partial charge in [-0.05, 0) is 38.5 Å². The van der Waals surface area contributed by atoms with E-state index in [1.807, 2.05) is 25.1 Å². The summed E-state index contributed by atoms with van der Waals surface area (Å²) >= 11 is 0. The van der Waals surface area contributed by atoms with Crippen molar-refractivity contribution in [2.75, 3.05) is 20.8 Å². The molecule has 1 rings (SSSR count). The monoisotopic (exact) mass is 407 g/mol. The summed E-state index contributed by atoms with van der Waals surface area (Å²) in [5.74, 6) is 2.30. The highest BCUT2D eigenvalue weighted by atomic mass is 127. The molecule has 0 saturated heterocycles. The van der Waals surface area contributed by atoms with Crippen molar-refractivity contribution in [1.82, 2.24) is 10.6 Å². The summed E-state index contributed by atoms with van der Waals surface area (Å²) < 4.78 is 10.8. The third-order valence-electron chi connectivity index (χ3n) is 2.64. The van der Waals surface area contributed by atoms with Crippen LogP contribution in [0.5, 0.6) is 11.5 Å². The maximum Gasteiger partial charge on any atom is 0.191 e. The van der Waals surface area contributed by atoms with Crippen LogP contribution in [-0.2, 0) is 6.54 Å². The van der Waals surface area contributed by atoms with E-state index in [0.717, 1.165) is 23.0 Å². The van der Waals surface area contributed by atoms with Gasteiger partial charge in [-0.2, -0.15) is 0 Å². The molecule has 0 fully saturated rings. The van der Waals surface area contributed by atoms with Crippen LogP contribution in [0.25, 0.3) is 0 Å². The van der Waals surface area contributed by atoms with E-state index in [9.17, 15) is 0 Å². The summed E-state index contributed by atoms with van der Waals surface area (Å²) in [6.07, 6.45) is 0. The van der Waals surface area contributed by atoms with Gasteiger partial charge < -0.3 is 20.1 Å². The van der Waals surface area contributed by atoms with Crippen LogP contribution in [0.2, 0.25) is 0 Å². The first kappa shape index (κ1) is 19.8. The van der Waals surface area contributed by atoms with E-state index < -0.39 is 0 Å². The number of aliphatic imine (C=N–C) groups is 1. The number of nitrogens with zero attached hydrogens (tertiary/aromatic N) is 1. The molecule has 0 heterocycles. The van der Waals surface area contributed by atoms with Crippen LogP contribution >= 0.6 is 24.0 Å². The Morgan fingerprint density at radius 1 is 1.29 bits per heavy atom. The van der Waals surface area contributed by atoms with Crippen LogP contribution in [0.15, 0.2) is 23.2 Å². The smallest absolute Gasteiger partial charge is 0.191 e. The molecule has 1 aromatic rings. The molecule has 0 unspecified atom stereocenters. The number of methoxy groups -OCH3 is 1. The van der Waals surface area contributed by atoms with Crippen LogP contribution in [0, 0.1) is 0 Å². The van der Waals surface area contributed by atoms with Crippen LogP contribution in [0.4, 0.5) is 0 Å². The second-order valence-corrected chi connectivity index (χ2v) is 4.64. The van der Waals surface area contributed by atoms with E-state index in [2.05, 4.69) is 29.5 Å². The summed E-state index contributed by atoms with van der Waals surface area (Å²) in [6, 6.07) is 6.26. The fraction of sp³-hybridized carbons (Fsp3) is 0.533. The first-order valence-corrected chi connectivity index (χ1v) is 6.87. The molecule has 0 aliphatic rings. The quantitative estimate of drug-likeness (QED) is 0.433. The number of rotatable bonds is 6. The average Bonchev–Trinajstić information content (AvgIpc) is 2.44. The minimum absolute atomic E-state index is 0. The number of halogens is 1. The maximum atomic E-state index is 5.50. The van der Waals surface area contributed by atoms with E-state index in [-0.39, 0.29) is 24.0 Å². The van der Waals surface area contributed by atoms with Gasteiger partial charge in [0.05, 0.1) is 13.7 Å². The molecule has 5 nitrogen and oxygen atoms in total. The molecule has 1 aromatic carbocycles. The summed E-state index contributed by atoms with van der Waals surface area (Å²) in [4.78, 5) is 4.17. The molecule has 0 aliphatic heterocycles. The molecule has 0 saturated carbocycles. The molecule has 0 bridgehead atoms. The topological polar surface area (TPSA) is 54.9 Å². The highest BCUT2D eigenvalue weighted by Gasteiger charge is 2.06. The maximum absolute atomic E-state index is 5.50. The van der Waals surface area contributed by atoms with Crippen molar-refractivity contribution in [1.29, 1.82) is 0 Å². The largest absolute Gasteiger partial charge is 0.493 e. The minimum Gasteiger partial charge on any atom is -0.493 e. The Morgan fingerprint density at radius 3 is 2.52 bits per heavy atom. The van der Waals surface area contributed by atoms with Gasteiger partial charge in [0.1, 0.15) is 0 Å². The second-order valence-electron chi connectivity index (χ2n) is 4.64. The zero-order valence-corrected chi connectivity index (χ0v) is 15.7. The first-order chi connectivity index (χ1) is 9.60. The highest BCUT2D eigenvalue weighted by molar-refractivity contribution is 14.0. The Hall–Kier alpha value is -1.18. The molecule has 0 radical (unpaired) electrons. The number of guanidine groups is 1. The lowest BCUT2D eigenvalue weighted by Gasteiger charge is -2.15. The number of ether oxygens (including phenoxy) is 2. The second kappa shape index (κ2) is 10.5. The standard InChI is InChI=1S/C15H25N3O2.HI/c1-6-20-13-8-7-12(9-14(13)19-5)10-17-15(16-4)18-11(2)3;/h7-9,11H,6,10H2,1-5H3,(H2,16,17,18);1H. The van der Waals surface area contributed by atoms with E-state index in [1.54, 1.807) is 14.2 Å². The predicted octanol–water partition coefficient (Wildman–Crippen LogP) is 2.79. The number of nitrogens with one attached hydrogen (secondary N) is 2. The molecule has 6 heteroatoms. The van der Waals surface area contributed by atoms with Gasteiger partial charge in [0.15, 0.2) is 17.5 Å². The molecule has 120 valence electrons. The molecule has 0 aromatic heterocycles. The van der Waals surface area contributed by atoms with Crippen LogP contribution < -0.4 is 20.1 Å². The van der Waals surface area contributed by atoms with Gasteiger partial charge in [-0.15, -0.1) is 24.0 Å². The van der Waals surface area contributed by atoms with Crippen molar-refractivity contribution >= 4 is 29.9 Å². The third kappa shape index (κ3) is 6.88. The lowest BCUT2D eigenvalue weighted by Crippen LogP contribution is -2.40. The Morgan fingerprint density at radius 2 is 2.00 bits per heavy atom. The van der Waals surface area contributed by atoms with Crippen molar-refractivity contribution in [2.24, 2.45) is 4.99 Å². The van der Waals surface area contributed by atoms with Crippen molar-refractivity contribution in [2.45, 2.75) is 33.4 Å². The first-order valence-electron chi connectivity index (χ1n) is 6.87. The van der Waals surface area contributed by atoms with Gasteiger partial charge in [0, 0.05) is 19.6 Å². The zero-order valence-electron chi connectivity index (χ0n) is 13.4. The van der Waals surface area contributed by atoms with E-state index >= 15 is 0 Å². The van der Waals surface area contributed by atoms with Gasteiger partial charge in [0.2, 0.25) is 0 Å². The molecular weight excluding hydrogens is 381 g/mol. The van der Waals surface area contributed by atoms with Crippen molar-refractivity contribution < 1.29 is 9.47 Å². The Bertz CT molecular complexity index is 451. The van der Waals surface area contributed by atoms with E-state index in [1.165, 1.54) is 0 Å². The van der Waals surface area contributed by atoms with Crippen molar-refractivity contribution in [3.05, 3.63) is 23.8 Å². The number of hydrogen-bond acceptors (Lipinski definition) is 3.